The molecule has 0 spiro atoms. The van der Waals surface area contributed by atoms with E-state index in [4.69, 9.17) is 11.1 Å². The second-order valence-corrected chi connectivity index (χ2v) is 5.69. The molecule has 4 N–H and O–H groups in total. The van der Waals surface area contributed by atoms with Gasteiger partial charge in [-0.1, -0.05) is 6.07 Å². The van der Waals surface area contributed by atoms with E-state index in [0.29, 0.717) is 0 Å². The average molecular weight is 255 g/mol. The summed E-state index contributed by atoms with van der Waals surface area (Å²) in [6, 6.07) is 4.97. The Labute approximate surface area is 102 Å². The summed E-state index contributed by atoms with van der Waals surface area (Å²) in [4.78, 5) is 0.240. The molecule has 0 amide bonds. The molecule has 0 aliphatic heterocycles. The Hall–Kier alpha value is -1.40. The number of benzene rings is 1. The zero-order valence-electron chi connectivity index (χ0n) is 9.95. The second kappa shape index (κ2) is 5.29. The Morgan fingerprint density at radius 1 is 1.35 bits per heavy atom. The zero-order valence-corrected chi connectivity index (χ0v) is 10.8. The Bertz CT molecular complexity index is 524. The number of aryl methyl sites for hydroxylation is 2. The van der Waals surface area contributed by atoms with Crippen molar-refractivity contribution in [2.24, 2.45) is 5.73 Å². The van der Waals surface area contributed by atoms with Gasteiger partial charge < -0.3 is 5.73 Å². The molecule has 17 heavy (non-hydrogen) atoms. The molecule has 0 heterocycles. The maximum Gasteiger partial charge on any atom is 0.240 e. The molecule has 0 radical (unpaired) electrons. The van der Waals surface area contributed by atoms with E-state index in [1.54, 1.807) is 18.2 Å². The third-order valence-corrected chi connectivity index (χ3v) is 3.93. The smallest absolute Gasteiger partial charge is 0.240 e. The van der Waals surface area contributed by atoms with Crippen LogP contribution in [0.5, 0.6) is 0 Å². The van der Waals surface area contributed by atoms with Crippen LogP contribution in [-0.4, -0.2) is 20.8 Å². The Balaban J connectivity index is 2.82. The van der Waals surface area contributed by atoms with E-state index >= 15 is 0 Å². The van der Waals surface area contributed by atoms with Crippen molar-refractivity contribution >= 4 is 15.9 Å². The summed E-state index contributed by atoms with van der Waals surface area (Å²) < 4.78 is 26.1. The molecule has 0 aliphatic rings. The van der Waals surface area contributed by atoms with Gasteiger partial charge in [0.1, 0.15) is 0 Å². The molecule has 0 saturated heterocycles. The summed E-state index contributed by atoms with van der Waals surface area (Å²) in [5, 5.41) is 7.01. The summed E-state index contributed by atoms with van der Waals surface area (Å²) in [7, 11) is -3.50. The van der Waals surface area contributed by atoms with Crippen LogP contribution in [0.15, 0.2) is 23.1 Å². The number of hydrogen-bond acceptors (Lipinski definition) is 3. The van der Waals surface area contributed by atoms with Crippen molar-refractivity contribution in [2.75, 3.05) is 6.54 Å². The quantitative estimate of drug-likeness (QED) is 0.539. The van der Waals surface area contributed by atoms with E-state index in [0.717, 1.165) is 11.1 Å². The first kappa shape index (κ1) is 13.7. The van der Waals surface area contributed by atoms with Crippen LogP contribution in [0.1, 0.15) is 17.5 Å². The summed E-state index contributed by atoms with van der Waals surface area (Å²) in [5.41, 5.74) is 7.13. The summed E-state index contributed by atoms with van der Waals surface area (Å²) in [5.74, 6) is -0.0345. The van der Waals surface area contributed by atoms with Crippen molar-refractivity contribution in [3.05, 3.63) is 29.3 Å². The van der Waals surface area contributed by atoms with Gasteiger partial charge in [0.2, 0.25) is 10.0 Å². The number of rotatable bonds is 5. The Morgan fingerprint density at radius 3 is 2.53 bits per heavy atom. The van der Waals surface area contributed by atoms with Crippen LogP contribution in [0.25, 0.3) is 0 Å². The SMILES string of the molecule is Cc1ccc(S(=O)(=O)NCCC(=N)N)cc1C. The van der Waals surface area contributed by atoms with Gasteiger partial charge in [-0.15, -0.1) is 0 Å². The molecule has 94 valence electrons. The molecule has 0 saturated carbocycles. The summed E-state index contributed by atoms with van der Waals surface area (Å²) >= 11 is 0. The fourth-order valence-corrected chi connectivity index (χ4v) is 2.40. The highest BCUT2D eigenvalue weighted by molar-refractivity contribution is 7.89. The van der Waals surface area contributed by atoms with E-state index in [2.05, 4.69) is 4.72 Å². The Morgan fingerprint density at radius 2 is 2.00 bits per heavy atom. The molecule has 0 aliphatic carbocycles. The van der Waals surface area contributed by atoms with Crippen molar-refractivity contribution in [3.63, 3.8) is 0 Å². The first-order valence-electron chi connectivity index (χ1n) is 5.23. The molecule has 1 aromatic rings. The van der Waals surface area contributed by atoms with E-state index in [1.807, 2.05) is 13.8 Å². The van der Waals surface area contributed by atoms with Crippen LogP contribution >= 0.6 is 0 Å². The number of sulfonamides is 1. The zero-order chi connectivity index (χ0) is 13.1. The highest BCUT2D eigenvalue weighted by atomic mass is 32.2. The van der Waals surface area contributed by atoms with Crippen LogP contribution < -0.4 is 10.5 Å². The number of nitrogens with two attached hydrogens (primary N) is 1. The molecule has 0 unspecified atom stereocenters. The van der Waals surface area contributed by atoms with Gasteiger partial charge in [0.05, 0.1) is 10.7 Å². The van der Waals surface area contributed by atoms with Crippen LogP contribution in [0.3, 0.4) is 0 Å². The predicted molar refractivity (Wildman–Crippen MR) is 67.6 cm³/mol. The first-order valence-corrected chi connectivity index (χ1v) is 6.71. The third-order valence-electron chi connectivity index (χ3n) is 2.48. The van der Waals surface area contributed by atoms with Gasteiger partial charge in [-0.25, -0.2) is 13.1 Å². The molecular weight excluding hydrogens is 238 g/mol. The number of amidine groups is 1. The molecule has 0 aromatic heterocycles. The van der Waals surface area contributed by atoms with E-state index < -0.39 is 10.0 Å². The van der Waals surface area contributed by atoms with Gasteiger partial charge in [0.15, 0.2) is 0 Å². The normalized spacial score (nSPS) is 11.4. The van der Waals surface area contributed by atoms with Crippen molar-refractivity contribution in [1.29, 1.82) is 5.41 Å². The minimum atomic E-state index is -3.50. The highest BCUT2D eigenvalue weighted by Crippen LogP contribution is 2.14. The lowest BCUT2D eigenvalue weighted by molar-refractivity contribution is 0.582. The molecule has 5 nitrogen and oxygen atoms in total. The van der Waals surface area contributed by atoms with Gasteiger partial charge in [-0.3, -0.25) is 5.41 Å². The van der Waals surface area contributed by atoms with E-state index in [-0.39, 0.29) is 23.7 Å². The fourth-order valence-electron chi connectivity index (χ4n) is 1.28. The van der Waals surface area contributed by atoms with Gasteiger partial charge >= 0.3 is 0 Å². The predicted octanol–water partition coefficient (Wildman–Crippen LogP) is 0.908. The largest absolute Gasteiger partial charge is 0.388 e. The van der Waals surface area contributed by atoms with Crippen LogP contribution in [0, 0.1) is 19.3 Å². The van der Waals surface area contributed by atoms with Crippen molar-refractivity contribution in [1.82, 2.24) is 4.72 Å². The van der Waals surface area contributed by atoms with Gasteiger partial charge in [-0.05, 0) is 37.1 Å². The average Bonchev–Trinajstić information content (AvgIpc) is 2.21. The lowest BCUT2D eigenvalue weighted by Gasteiger charge is -2.08. The van der Waals surface area contributed by atoms with Crippen LogP contribution in [0.2, 0.25) is 0 Å². The maximum atomic E-state index is 11.9. The summed E-state index contributed by atoms with van der Waals surface area (Å²) in [6.45, 7) is 3.93. The minimum Gasteiger partial charge on any atom is -0.388 e. The molecule has 6 heteroatoms. The maximum absolute atomic E-state index is 11.9. The van der Waals surface area contributed by atoms with Gasteiger partial charge in [0, 0.05) is 13.0 Å². The Kier molecular flexibility index (Phi) is 4.25. The van der Waals surface area contributed by atoms with Gasteiger partial charge in [-0.2, -0.15) is 0 Å². The molecule has 1 aromatic carbocycles. The second-order valence-electron chi connectivity index (χ2n) is 3.92. The minimum absolute atomic E-state index is 0.0345. The highest BCUT2D eigenvalue weighted by Gasteiger charge is 2.13. The molecular formula is C11H17N3O2S. The lowest BCUT2D eigenvalue weighted by atomic mass is 10.1. The molecule has 0 atom stereocenters. The summed E-state index contributed by atoms with van der Waals surface area (Å²) in [6.07, 6.45) is 0.212. The fraction of sp³-hybridized carbons (Fsp3) is 0.364. The topological polar surface area (TPSA) is 96.0 Å². The van der Waals surface area contributed by atoms with Crippen molar-refractivity contribution in [3.8, 4) is 0 Å². The van der Waals surface area contributed by atoms with Gasteiger partial charge in [0.25, 0.3) is 0 Å². The number of nitrogens with one attached hydrogen (secondary N) is 2. The first-order chi connectivity index (χ1) is 7.83. The molecule has 1 rings (SSSR count). The van der Waals surface area contributed by atoms with Crippen molar-refractivity contribution < 1.29 is 8.42 Å². The standard InChI is InChI=1S/C11H17N3O2S/c1-8-3-4-10(7-9(8)2)17(15,16)14-6-5-11(12)13/h3-4,7,14H,5-6H2,1-2H3,(H3,12,13). The van der Waals surface area contributed by atoms with Crippen LogP contribution in [0.4, 0.5) is 0 Å². The number of hydrogen-bond donors (Lipinski definition) is 3. The lowest BCUT2D eigenvalue weighted by Crippen LogP contribution is -2.27. The monoisotopic (exact) mass is 255 g/mol. The molecule has 0 bridgehead atoms. The third kappa shape index (κ3) is 3.83. The molecule has 0 fully saturated rings. The van der Waals surface area contributed by atoms with E-state index in [1.165, 1.54) is 0 Å². The van der Waals surface area contributed by atoms with Crippen LogP contribution in [-0.2, 0) is 10.0 Å². The van der Waals surface area contributed by atoms with Crippen molar-refractivity contribution in [2.45, 2.75) is 25.2 Å². The van der Waals surface area contributed by atoms with E-state index in [9.17, 15) is 8.42 Å².